The molecule has 0 saturated heterocycles. The zero-order chi connectivity index (χ0) is 15.0. The van der Waals surface area contributed by atoms with Crippen molar-refractivity contribution >= 4 is 21.9 Å². The molecule has 3 rings (SSSR count). The summed E-state index contributed by atoms with van der Waals surface area (Å²) in [6.07, 6.45) is 0. The standard InChI is InChI=1S/C15H11BrN2O3/c1-9-2-7-14(21-9)13-8-12(15(19)20)17-18(13)11-5-3-10(16)4-6-11/h2-8H,1H3,(H,19,20). The molecule has 0 spiro atoms. The first-order valence-electron chi connectivity index (χ1n) is 6.21. The first-order chi connectivity index (χ1) is 10.0. The van der Waals surface area contributed by atoms with Crippen LogP contribution in [0, 0.1) is 6.92 Å². The molecule has 0 atom stereocenters. The van der Waals surface area contributed by atoms with Crippen LogP contribution in [0.25, 0.3) is 17.1 Å². The highest BCUT2D eigenvalue weighted by molar-refractivity contribution is 9.10. The average Bonchev–Trinajstić information content (AvgIpc) is 3.05. The van der Waals surface area contributed by atoms with E-state index in [2.05, 4.69) is 21.0 Å². The van der Waals surface area contributed by atoms with E-state index in [-0.39, 0.29) is 5.69 Å². The largest absolute Gasteiger partial charge is 0.476 e. The topological polar surface area (TPSA) is 68.3 Å². The third kappa shape index (κ3) is 2.62. The van der Waals surface area contributed by atoms with Gasteiger partial charge in [-0.25, -0.2) is 9.48 Å². The van der Waals surface area contributed by atoms with E-state index in [1.165, 1.54) is 6.07 Å². The highest BCUT2D eigenvalue weighted by Crippen LogP contribution is 2.26. The van der Waals surface area contributed by atoms with E-state index in [1.807, 2.05) is 37.3 Å². The molecular weight excluding hydrogens is 336 g/mol. The fourth-order valence-corrected chi connectivity index (χ4v) is 2.28. The van der Waals surface area contributed by atoms with E-state index in [4.69, 9.17) is 9.52 Å². The van der Waals surface area contributed by atoms with Crippen LogP contribution >= 0.6 is 15.9 Å². The number of carboxylic acids is 1. The number of nitrogens with zero attached hydrogens (tertiary/aromatic N) is 2. The zero-order valence-corrected chi connectivity index (χ0v) is 12.7. The van der Waals surface area contributed by atoms with Gasteiger partial charge in [-0.15, -0.1) is 0 Å². The second-order valence-electron chi connectivity index (χ2n) is 4.52. The summed E-state index contributed by atoms with van der Waals surface area (Å²) in [5.74, 6) is 0.260. The molecular formula is C15H11BrN2O3. The highest BCUT2D eigenvalue weighted by atomic mass is 79.9. The molecule has 0 bridgehead atoms. The number of carbonyl (C=O) groups is 1. The van der Waals surface area contributed by atoms with Gasteiger partial charge < -0.3 is 9.52 Å². The van der Waals surface area contributed by atoms with Crippen LogP contribution in [0.3, 0.4) is 0 Å². The monoisotopic (exact) mass is 346 g/mol. The number of aryl methyl sites for hydroxylation is 1. The van der Waals surface area contributed by atoms with Crippen molar-refractivity contribution in [3.63, 3.8) is 0 Å². The van der Waals surface area contributed by atoms with Crippen molar-refractivity contribution < 1.29 is 14.3 Å². The molecule has 0 saturated carbocycles. The maximum atomic E-state index is 11.2. The SMILES string of the molecule is Cc1ccc(-c2cc(C(=O)O)nn2-c2ccc(Br)cc2)o1. The Morgan fingerprint density at radius 3 is 2.52 bits per heavy atom. The van der Waals surface area contributed by atoms with Gasteiger partial charge in [0.25, 0.3) is 0 Å². The minimum Gasteiger partial charge on any atom is -0.476 e. The summed E-state index contributed by atoms with van der Waals surface area (Å²) in [5, 5.41) is 13.3. The van der Waals surface area contributed by atoms with Gasteiger partial charge in [-0.05, 0) is 43.3 Å². The summed E-state index contributed by atoms with van der Waals surface area (Å²) < 4.78 is 8.09. The van der Waals surface area contributed by atoms with Gasteiger partial charge in [-0.1, -0.05) is 15.9 Å². The van der Waals surface area contributed by atoms with Crippen molar-refractivity contribution in [1.29, 1.82) is 0 Å². The maximum absolute atomic E-state index is 11.2. The lowest BCUT2D eigenvalue weighted by Gasteiger charge is -2.05. The molecule has 0 aliphatic rings. The third-order valence-electron chi connectivity index (χ3n) is 2.99. The van der Waals surface area contributed by atoms with E-state index >= 15 is 0 Å². The van der Waals surface area contributed by atoms with Crippen molar-refractivity contribution in [3.8, 4) is 17.1 Å². The van der Waals surface area contributed by atoms with Gasteiger partial charge in [-0.2, -0.15) is 5.10 Å². The quantitative estimate of drug-likeness (QED) is 0.780. The number of rotatable bonds is 3. The molecule has 106 valence electrons. The number of hydrogen-bond donors (Lipinski definition) is 1. The first-order valence-corrected chi connectivity index (χ1v) is 7.00. The lowest BCUT2D eigenvalue weighted by molar-refractivity contribution is 0.0690. The van der Waals surface area contributed by atoms with Gasteiger partial charge in [0.2, 0.25) is 0 Å². The molecule has 1 aromatic carbocycles. The van der Waals surface area contributed by atoms with Crippen LogP contribution in [0.2, 0.25) is 0 Å². The van der Waals surface area contributed by atoms with Gasteiger partial charge in [0, 0.05) is 10.5 Å². The Balaban J connectivity index is 2.18. The van der Waals surface area contributed by atoms with Crippen LogP contribution in [0.15, 0.2) is 51.4 Å². The van der Waals surface area contributed by atoms with Gasteiger partial charge in [-0.3, -0.25) is 0 Å². The van der Waals surface area contributed by atoms with Crippen LogP contribution in [0.5, 0.6) is 0 Å². The Morgan fingerprint density at radius 2 is 1.95 bits per heavy atom. The van der Waals surface area contributed by atoms with Gasteiger partial charge in [0.05, 0.1) is 5.69 Å². The molecule has 2 heterocycles. The Bertz CT molecular complexity index is 803. The second-order valence-corrected chi connectivity index (χ2v) is 5.43. The Kier molecular flexibility index (Phi) is 3.39. The van der Waals surface area contributed by atoms with Crippen molar-refractivity contribution in [3.05, 3.63) is 58.4 Å². The number of carboxylic acid groups (broad SMARTS) is 1. The minimum atomic E-state index is -1.07. The molecule has 0 amide bonds. The lowest BCUT2D eigenvalue weighted by atomic mass is 10.2. The Labute approximate surface area is 129 Å². The van der Waals surface area contributed by atoms with E-state index < -0.39 is 5.97 Å². The maximum Gasteiger partial charge on any atom is 0.356 e. The van der Waals surface area contributed by atoms with E-state index in [1.54, 1.807) is 10.7 Å². The molecule has 0 aliphatic heterocycles. The summed E-state index contributed by atoms with van der Waals surface area (Å²) in [5.41, 5.74) is 1.33. The fraction of sp³-hybridized carbons (Fsp3) is 0.0667. The van der Waals surface area contributed by atoms with Gasteiger partial charge in [0.1, 0.15) is 11.5 Å². The van der Waals surface area contributed by atoms with Crippen molar-refractivity contribution in [2.75, 3.05) is 0 Å². The molecule has 3 aromatic rings. The fourth-order valence-electron chi connectivity index (χ4n) is 2.01. The van der Waals surface area contributed by atoms with Crippen LogP contribution in [0.4, 0.5) is 0 Å². The summed E-state index contributed by atoms with van der Waals surface area (Å²) >= 11 is 3.37. The van der Waals surface area contributed by atoms with Crippen LogP contribution in [0.1, 0.15) is 16.2 Å². The molecule has 0 radical (unpaired) electrons. The van der Waals surface area contributed by atoms with E-state index in [9.17, 15) is 4.79 Å². The zero-order valence-electron chi connectivity index (χ0n) is 11.1. The smallest absolute Gasteiger partial charge is 0.356 e. The summed E-state index contributed by atoms with van der Waals surface area (Å²) in [4.78, 5) is 11.2. The average molecular weight is 347 g/mol. The summed E-state index contributed by atoms with van der Waals surface area (Å²) in [6.45, 7) is 1.84. The Morgan fingerprint density at radius 1 is 1.24 bits per heavy atom. The van der Waals surface area contributed by atoms with Gasteiger partial charge in [0.15, 0.2) is 11.5 Å². The molecule has 6 heteroatoms. The van der Waals surface area contributed by atoms with Crippen molar-refractivity contribution in [2.24, 2.45) is 0 Å². The number of hydrogen-bond acceptors (Lipinski definition) is 3. The van der Waals surface area contributed by atoms with Crippen molar-refractivity contribution in [1.82, 2.24) is 9.78 Å². The van der Waals surface area contributed by atoms with Crippen LogP contribution < -0.4 is 0 Å². The second kappa shape index (κ2) is 5.21. The summed E-state index contributed by atoms with van der Waals surface area (Å²) in [7, 11) is 0. The minimum absolute atomic E-state index is 0.0260. The van der Waals surface area contributed by atoms with E-state index in [0.717, 1.165) is 15.9 Å². The summed E-state index contributed by atoms with van der Waals surface area (Å²) in [6, 6.07) is 12.6. The lowest BCUT2D eigenvalue weighted by Crippen LogP contribution is -2.02. The van der Waals surface area contributed by atoms with Crippen molar-refractivity contribution in [2.45, 2.75) is 6.92 Å². The number of aromatic nitrogens is 2. The first kappa shape index (κ1) is 13.6. The molecule has 0 unspecified atom stereocenters. The molecule has 21 heavy (non-hydrogen) atoms. The molecule has 1 N–H and O–H groups in total. The number of furan rings is 1. The molecule has 2 aromatic heterocycles. The molecule has 0 aliphatic carbocycles. The predicted molar refractivity (Wildman–Crippen MR) is 80.7 cm³/mol. The highest BCUT2D eigenvalue weighted by Gasteiger charge is 2.17. The van der Waals surface area contributed by atoms with Gasteiger partial charge >= 0.3 is 5.97 Å². The predicted octanol–water partition coefficient (Wildman–Crippen LogP) is 3.90. The van der Waals surface area contributed by atoms with Crippen LogP contribution in [-0.4, -0.2) is 20.9 Å². The normalized spacial score (nSPS) is 10.8. The number of aromatic carboxylic acids is 1. The molecule has 0 fully saturated rings. The number of halogens is 1. The van der Waals surface area contributed by atoms with Crippen LogP contribution in [-0.2, 0) is 0 Å². The Hall–Kier alpha value is -2.34. The number of benzene rings is 1. The molecule has 5 nitrogen and oxygen atoms in total. The van der Waals surface area contributed by atoms with E-state index in [0.29, 0.717) is 11.5 Å². The third-order valence-corrected chi connectivity index (χ3v) is 3.52.